The van der Waals surface area contributed by atoms with Crippen molar-refractivity contribution in [3.05, 3.63) is 28.3 Å². The third kappa shape index (κ3) is 4.38. The summed E-state index contributed by atoms with van der Waals surface area (Å²) >= 11 is 0. The molecule has 0 bridgehead atoms. The van der Waals surface area contributed by atoms with Crippen LogP contribution in [-0.2, 0) is 10.0 Å². The first-order valence-electron chi connectivity index (χ1n) is 6.35. The van der Waals surface area contributed by atoms with Gasteiger partial charge in [0.05, 0.1) is 9.82 Å². The molecule has 0 fully saturated rings. The number of nitro benzene ring substituents is 1. The fraction of sp³-hybridized carbons (Fsp3) is 0.500. The minimum absolute atomic E-state index is 0.0562. The highest BCUT2D eigenvalue weighted by Crippen LogP contribution is 2.29. The molecule has 0 unspecified atom stereocenters. The third-order valence-corrected chi connectivity index (χ3v) is 4.84. The van der Waals surface area contributed by atoms with Crippen LogP contribution in [0.4, 0.5) is 5.69 Å². The van der Waals surface area contributed by atoms with Gasteiger partial charge in [-0.15, -0.1) is 0 Å². The van der Waals surface area contributed by atoms with Gasteiger partial charge in [0.15, 0.2) is 5.75 Å². The van der Waals surface area contributed by atoms with Gasteiger partial charge in [-0.2, -0.15) is 0 Å². The molecule has 8 nitrogen and oxygen atoms in total. The third-order valence-electron chi connectivity index (χ3n) is 2.98. The Hall–Kier alpha value is -1.71. The van der Waals surface area contributed by atoms with Gasteiger partial charge < -0.3 is 10.2 Å². The first-order valence-corrected chi connectivity index (χ1v) is 7.79. The van der Waals surface area contributed by atoms with Gasteiger partial charge in [0.25, 0.3) is 0 Å². The Balaban J connectivity index is 2.92. The van der Waals surface area contributed by atoms with Crippen LogP contribution in [0.3, 0.4) is 0 Å². The molecule has 9 heteroatoms. The van der Waals surface area contributed by atoms with E-state index in [1.54, 1.807) is 0 Å². The van der Waals surface area contributed by atoms with E-state index in [0.29, 0.717) is 19.3 Å². The number of phenols is 1. The lowest BCUT2D eigenvalue weighted by molar-refractivity contribution is -0.386. The van der Waals surface area contributed by atoms with E-state index >= 15 is 0 Å². The number of hydrogen-bond acceptors (Lipinski definition) is 6. The molecule has 1 rings (SSSR count). The van der Waals surface area contributed by atoms with E-state index in [1.165, 1.54) is 7.05 Å². The first kappa shape index (κ1) is 17.3. The summed E-state index contributed by atoms with van der Waals surface area (Å²) in [7, 11) is -2.46. The predicted octanol–water partition coefficient (Wildman–Crippen LogP) is 1.08. The van der Waals surface area contributed by atoms with Crippen LogP contribution in [-0.4, -0.2) is 48.1 Å². The number of nitro groups is 1. The molecule has 0 aromatic heterocycles. The van der Waals surface area contributed by atoms with Gasteiger partial charge in [0.1, 0.15) is 0 Å². The van der Waals surface area contributed by atoms with E-state index < -0.39 is 26.4 Å². The van der Waals surface area contributed by atoms with Gasteiger partial charge in [-0.3, -0.25) is 10.1 Å². The molecule has 0 aliphatic rings. The van der Waals surface area contributed by atoms with Crippen LogP contribution < -0.4 is 0 Å². The summed E-state index contributed by atoms with van der Waals surface area (Å²) in [6.45, 7) is 0.303. The topological polar surface area (TPSA) is 121 Å². The molecule has 0 amide bonds. The van der Waals surface area contributed by atoms with Crippen LogP contribution >= 0.6 is 0 Å². The largest absolute Gasteiger partial charge is 0.502 e. The lowest BCUT2D eigenvalue weighted by Crippen LogP contribution is -2.28. The number of nitrogens with zero attached hydrogens (tertiary/aromatic N) is 2. The monoisotopic (exact) mass is 318 g/mol. The summed E-state index contributed by atoms with van der Waals surface area (Å²) in [4.78, 5) is 9.65. The van der Waals surface area contributed by atoms with Crippen molar-refractivity contribution in [2.24, 2.45) is 0 Å². The van der Waals surface area contributed by atoms with Crippen molar-refractivity contribution in [1.29, 1.82) is 0 Å². The Morgan fingerprint density at radius 2 is 1.95 bits per heavy atom. The zero-order chi connectivity index (χ0) is 16.0. The van der Waals surface area contributed by atoms with Crippen LogP contribution in [0.2, 0.25) is 0 Å². The highest BCUT2D eigenvalue weighted by molar-refractivity contribution is 7.89. The number of phenolic OH excluding ortho intramolecular Hbond substituents is 1. The summed E-state index contributed by atoms with van der Waals surface area (Å²) < 4.78 is 25.6. The molecule has 1 aromatic rings. The number of benzene rings is 1. The Labute approximate surface area is 122 Å². The van der Waals surface area contributed by atoms with Gasteiger partial charge >= 0.3 is 5.69 Å². The molecule has 0 heterocycles. The maximum absolute atomic E-state index is 12.3. The average molecular weight is 318 g/mol. The van der Waals surface area contributed by atoms with Gasteiger partial charge in [-0.05, 0) is 31.4 Å². The number of aliphatic hydroxyl groups excluding tert-OH is 1. The second-order valence-electron chi connectivity index (χ2n) is 4.52. The molecule has 0 spiro atoms. The number of rotatable bonds is 8. The summed E-state index contributed by atoms with van der Waals surface area (Å²) in [6, 6.07) is 2.96. The molecule has 0 saturated heterocycles. The highest BCUT2D eigenvalue weighted by atomic mass is 32.2. The molecular weight excluding hydrogens is 300 g/mol. The average Bonchev–Trinajstić information content (AvgIpc) is 2.43. The lowest BCUT2D eigenvalue weighted by Gasteiger charge is -2.17. The molecule has 21 heavy (non-hydrogen) atoms. The zero-order valence-corrected chi connectivity index (χ0v) is 12.4. The minimum atomic E-state index is -3.84. The lowest BCUT2D eigenvalue weighted by atomic mass is 10.2. The molecular formula is C12H18N2O6S. The number of unbranched alkanes of at least 4 members (excludes halogenated alkanes) is 2. The van der Waals surface area contributed by atoms with Crippen LogP contribution in [0, 0.1) is 10.1 Å². The molecule has 0 aliphatic carbocycles. The SMILES string of the molecule is CN(CCCCCO)S(=O)(=O)c1ccc(O)c([N+](=O)[O-])c1. The van der Waals surface area contributed by atoms with Gasteiger partial charge in [-0.1, -0.05) is 0 Å². The van der Waals surface area contributed by atoms with E-state index in [9.17, 15) is 23.6 Å². The molecule has 0 aliphatic heterocycles. The molecule has 0 atom stereocenters. The second-order valence-corrected chi connectivity index (χ2v) is 6.56. The number of sulfonamides is 1. The van der Waals surface area contributed by atoms with E-state index in [4.69, 9.17) is 5.11 Å². The predicted molar refractivity (Wildman–Crippen MR) is 75.5 cm³/mol. The Kier molecular flexibility index (Phi) is 6.06. The molecule has 0 radical (unpaired) electrons. The standard InChI is InChI=1S/C12H18N2O6S/c1-13(7-3-2-4-8-15)21(19,20)10-5-6-12(16)11(9-10)14(17)18/h5-6,9,15-16H,2-4,7-8H2,1H3. The van der Waals surface area contributed by atoms with Crippen LogP contribution in [0.15, 0.2) is 23.1 Å². The number of aliphatic hydroxyl groups is 1. The van der Waals surface area contributed by atoms with Crippen molar-refractivity contribution in [3.63, 3.8) is 0 Å². The molecule has 118 valence electrons. The van der Waals surface area contributed by atoms with E-state index in [1.807, 2.05) is 0 Å². The summed E-state index contributed by atoms with van der Waals surface area (Å²) in [5, 5.41) is 28.7. The maximum atomic E-state index is 12.3. The van der Waals surface area contributed by atoms with Crippen molar-refractivity contribution < 1.29 is 23.6 Å². The van der Waals surface area contributed by atoms with Crippen molar-refractivity contribution in [2.75, 3.05) is 20.2 Å². The van der Waals surface area contributed by atoms with Gasteiger partial charge in [0, 0.05) is 26.3 Å². The van der Waals surface area contributed by atoms with Crippen molar-refractivity contribution in [3.8, 4) is 5.75 Å². The fourth-order valence-corrected chi connectivity index (χ4v) is 2.96. The van der Waals surface area contributed by atoms with Crippen LogP contribution in [0.25, 0.3) is 0 Å². The minimum Gasteiger partial charge on any atom is -0.502 e. The Morgan fingerprint density at radius 3 is 2.52 bits per heavy atom. The second kappa shape index (κ2) is 7.34. The van der Waals surface area contributed by atoms with Crippen molar-refractivity contribution >= 4 is 15.7 Å². The Bertz CT molecular complexity index is 602. The normalized spacial score (nSPS) is 11.8. The number of hydrogen-bond donors (Lipinski definition) is 2. The first-order chi connectivity index (χ1) is 9.80. The highest BCUT2D eigenvalue weighted by Gasteiger charge is 2.24. The molecule has 0 saturated carbocycles. The quantitative estimate of drug-likeness (QED) is 0.420. The summed E-state index contributed by atoms with van der Waals surface area (Å²) in [5.74, 6) is -0.579. The van der Waals surface area contributed by atoms with E-state index in [2.05, 4.69) is 0 Å². The fourth-order valence-electron chi connectivity index (χ4n) is 1.73. The smallest absolute Gasteiger partial charge is 0.312 e. The Morgan fingerprint density at radius 1 is 1.29 bits per heavy atom. The summed E-state index contributed by atoms with van der Waals surface area (Å²) in [6.07, 6.45) is 1.86. The summed E-state index contributed by atoms with van der Waals surface area (Å²) in [5.41, 5.74) is -0.648. The van der Waals surface area contributed by atoms with E-state index in [-0.39, 0.29) is 18.0 Å². The molecule has 1 aromatic carbocycles. The maximum Gasteiger partial charge on any atom is 0.312 e. The van der Waals surface area contributed by atoms with Gasteiger partial charge in [0.2, 0.25) is 10.0 Å². The van der Waals surface area contributed by atoms with Crippen molar-refractivity contribution in [1.82, 2.24) is 4.31 Å². The van der Waals surface area contributed by atoms with E-state index in [0.717, 1.165) is 22.5 Å². The number of aromatic hydroxyl groups is 1. The van der Waals surface area contributed by atoms with Gasteiger partial charge in [-0.25, -0.2) is 12.7 Å². The zero-order valence-electron chi connectivity index (χ0n) is 11.6. The van der Waals surface area contributed by atoms with Crippen molar-refractivity contribution in [2.45, 2.75) is 24.2 Å². The van der Waals surface area contributed by atoms with Crippen LogP contribution in [0.1, 0.15) is 19.3 Å². The molecule has 2 N–H and O–H groups in total. The van der Waals surface area contributed by atoms with Crippen LogP contribution in [0.5, 0.6) is 5.75 Å².